The van der Waals surface area contributed by atoms with Crippen LogP contribution in [0.15, 0.2) is 48.5 Å². The van der Waals surface area contributed by atoms with Crippen molar-refractivity contribution in [1.82, 2.24) is 10.6 Å². The summed E-state index contributed by atoms with van der Waals surface area (Å²) in [5.74, 6) is 0.199. The van der Waals surface area contributed by atoms with Crippen molar-refractivity contribution in [2.45, 2.75) is 62.6 Å². The van der Waals surface area contributed by atoms with Gasteiger partial charge in [0.1, 0.15) is 0 Å². The Kier molecular flexibility index (Phi) is 7.66. The average molecular weight is 515 g/mol. The van der Waals surface area contributed by atoms with Crippen molar-refractivity contribution >= 4 is 5.91 Å². The molecule has 1 heterocycles. The molecule has 4 rings (SSSR count). The molecule has 4 nitrogen and oxygen atoms in total. The van der Waals surface area contributed by atoms with Crippen molar-refractivity contribution in [1.29, 1.82) is 0 Å². The van der Waals surface area contributed by atoms with Gasteiger partial charge in [0.2, 0.25) is 5.91 Å². The summed E-state index contributed by atoms with van der Waals surface area (Å²) in [6, 6.07) is 11.1. The molecule has 0 aromatic heterocycles. The molecule has 10 heteroatoms. The fourth-order valence-corrected chi connectivity index (χ4v) is 4.62. The van der Waals surface area contributed by atoms with Gasteiger partial charge in [0, 0.05) is 30.7 Å². The summed E-state index contributed by atoms with van der Waals surface area (Å²) < 4.78 is 84.3. The van der Waals surface area contributed by atoms with E-state index in [-0.39, 0.29) is 42.7 Å². The lowest BCUT2D eigenvalue weighted by molar-refractivity contribution is -0.143. The van der Waals surface area contributed by atoms with Gasteiger partial charge in [-0.3, -0.25) is 4.79 Å². The van der Waals surface area contributed by atoms with Gasteiger partial charge in [-0.1, -0.05) is 30.3 Å². The summed E-state index contributed by atoms with van der Waals surface area (Å²) in [6.07, 6.45) is -6.05. The lowest BCUT2D eigenvalue weighted by Gasteiger charge is -2.42. The summed E-state index contributed by atoms with van der Waals surface area (Å²) in [7, 11) is 0. The van der Waals surface area contributed by atoms with Gasteiger partial charge in [-0.15, -0.1) is 0 Å². The van der Waals surface area contributed by atoms with Crippen LogP contribution in [0.3, 0.4) is 0 Å². The molecule has 2 aromatic carbocycles. The highest BCUT2D eigenvalue weighted by Gasteiger charge is 2.39. The van der Waals surface area contributed by atoms with Crippen molar-refractivity contribution in [3.05, 3.63) is 70.8 Å². The molecule has 2 atom stereocenters. The van der Waals surface area contributed by atoms with E-state index in [4.69, 9.17) is 4.74 Å². The van der Waals surface area contributed by atoms with Gasteiger partial charge >= 0.3 is 12.4 Å². The van der Waals surface area contributed by atoms with Gasteiger partial charge in [0.15, 0.2) is 0 Å². The minimum Gasteiger partial charge on any atom is -0.377 e. The Morgan fingerprint density at radius 3 is 2.14 bits per heavy atom. The molecule has 0 bridgehead atoms. The zero-order valence-electron chi connectivity index (χ0n) is 19.5. The summed E-state index contributed by atoms with van der Waals surface area (Å²) >= 11 is 0. The zero-order chi connectivity index (χ0) is 26.0. The van der Waals surface area contributed by atoms with Crippen LogP contribution in [0.25, 0.3) is 0 Å². The number of ether oxygens (including phenoxy) is 1. The first-order chi connectivity index (χ1) is 17.0. The highest BCUT2D eigenvalue weighted by Crippen LogP contribution is 2.37. The predicted molar refractivity (Wildman–Crippen MR) is 121 cm³/mol. The van der Waals surface area contributed by atoms with Crippen molar-refractivity contribution in [3.8, 4) is 0 Å². The fourth-order valence-electron chi connectivity index (χ4n) is 4.62. The normalized spacial score (nSPS) is 22.9. The molecule has 2 aromatic rings. The summed E-state index contributed by atoms with van der Waals surface area (Å²) in [5, 5.41) is 6.61. The molecule has 1 saturated heterocycles. The molecule has 1 saturated carbocycles. The van der Waals surface area contributed by atoms with Crippen molar-refractivity contribution < 1.29 is 35.9 Å². The third-order valence-electron chi connectivity index (χ3n) is 6.82. The standard InChI is InChI=1S/C26H28F6N2O2/c27-25(28,29)20-12-17(13-21(14-20)26(30,31)32)16-36-11-10-24(19-4-2-1-3-5-19)9-8-22(15-33-24)34-23(35)18-6-7-18/h1-5,12-14,18,22,33H,6-11,15-16H2,(H,34,35)/t22?,24-/m1/s1. The smallest absolute Gasteiger partial charge is 0.377 e. The fraction of sp³-hybridized carbons (Fsp3) is 0.500. The maximum absolute atomic E-state index is 13.1. The van der Waals surface area contributed by atoms with E-state index in [0.717, 1.165) is 24.8 Å². The van der Waals surface area contributed by atoms with Crippen LogP contribution < -0.4 is 10.6 Å². The summed E-state index contributed by atoms with van der Waals surface area (Å²) in [5.41, 5.74) is -2.37. The van der Waals surface area contributed by atoms with Crippen molar-refractivity contribution in [3.63, 3.8) is 0 Å². The van der Waals surface area contributed by atoms with Gasteiger partial charge in [-0.25, -0.2) is 0 Å². The molecule has 2 aliphatic rings. The van der Waals surface area contributed by atoms with Gasteiger partial charge in [0.25, 0.3) is 0 Å². The zero-order valence-corrected chi connectivity index (χ0v) is 19.5. The molecular weight excluding hydrogens is 486 g/mol. The molecule has 0 radical (unpaired) electrons. The molecule has 2 fully saturated rings. The van der Waals surface area contributed by atoms with Crippen molar-refractivity contribution in [2.24, 2.45) is 5.92 Å². The number of rotatable bonds is 8. The van der Waals surface area contributed by atoms with E-state index in [9.17, 15) is 31.1 Å². The number of nitrogens with one attached hydrogen (secondary N) is 2. The second-order valence-electron chi connectivity index (χ2n) is 9.56. The number of halogens is 6. The summed E-state index contributed by atoms with van der Waals surface area (Å²) in [6.45, 7) is 0.298. The number of benzene rings is 2. The van der Waals surface area contributed by atoms with Crippen LogP contribution in [0.2, 0.25) is 0 Å². The second-order valence-corrected chi connectivity index (χ2v) is 9.56. The van der Waals surface area contributed by atoms with E-state index < -0.39 is 29.0 Å². The van der Waals surface area contributed by atoms with Crippen molar-refractivity contribution in [2.75, 3.05) is 13.2 Å². The Morgan fingerprint density at radius 2 is 1.61 bits per heavy atom. The Bertz CT molecular complexity index is 1010. The SMILES string of the molecule is O=C(NC1CC[C@@](CCOCc2cc(C(F)(F)F)cc(C(F)(F)F)c2)(c2ccccc2)NC1)C1CC1. The highest BCUT2D eigenvalue weighted by atomic mass is 19.4. The molecule has 1 amide bonds. The van der Waals surface area contributed by atoms with E-state index in [1.165, 1.54) is 0 Å². The lowest BCUT2D eigenvalue weighted by Crippen LogP contribution is -2.55. The van der Waals surface area contributed by atoms with E-state index >= 15 is 0 Å². The van der Waals surface area contributed by atoms with E-state index in [0.29, 0.717) is 31.5 Å². The first-order valence-electron chi connectivity index (χ1n) is 11.9. The first-order valence-corrected chi connectivity index (χ1v) is 11.9. The maximum Gasteiger partial charge on any atom is 0.416 e. The molecule has 196 valence electrons. The van der Waals surface area contributed by atoms with E-state index in [1.807, 2.05) is 30.3 Å². The van der Waals surface area contributed by atoms with Crippen LogP contribution in [-0.2, 0) is 34.0 Å². The maximum atomic E-state index is 13.1. The minimum absolute atomic E-state index is 0.00162. The number of amides is 1. The van der Waals surface area contributed by atoms with Crippen LogP contribution in [0.1, 0.15) is 54.4 Å². The van der Waals surface area contributed by atoms with E-state index in [2.05, 4.69) is 10.6 Å². The van der Waals surface area contributed by atoms with Gasteiger partial charge < -0.3 is 15.4 Å². The summed E-state index contributed by atoms with van der Waals surface area (Å²) in [4.78, 5) is 12.1. The Morgan fingerprint density at radius 1 is 0.972 bits per heavy atom. The third kappa shape index (κ3) is 6.59. The first kappa shape index (κ1) is 26.5. The van der Waals surface area contributed by atoms with Gasteiger partial charge in [-0.2, -0.15) is 26.3 Å². The predicted octanol–water partition coefficient (Wildman–Crippen LogP) is 5.80. The highest BCUT2D eigenvalue weighted by molar-refractivity contribution is 5.81. The largest absolute Gasteiger partial charge is 0.416 e. The second kappa shape index (κ2) is 10.4. The van der Waals surface area contributed by atoms with Crippen LogP contribution in [-0.4, -0.2) is 25.1 Å². The molecule has 36 heavy (non-hydrogen) atoms. The lowest BCUT2D eigenvalue weighted by atomic mass is 9.78. The Balaban J connectivity index is 1.40. The molecule has 1 aliphatic heterocycles. The third-order valence-corrected chi connectivity index (χ3v) is 6.82. The van der Waals surface area contributed by atoms with Crippen LogP contribution >= 0.6 is 0 Å². The Hall–Kier alpha value is -2.59. The van der Waals surface area contributed by atoms with Crippen LogP contribution in [0, 0.1) is 5.92 Å². The number of hydrogen-bond acceptors (Lipinski definition) is 3. The molecule has 2 N–H and O–H groups in total. The minimum atomic E-state index is -4.90. The molecule has 0 spiro atoms. The average Bonchev–Trinajstić information content (AvgIpc) is 3.68. The monoisotopic (exact) mass is 514 g/mol. The topological polar surface area (TPSA) is 50.4 Å². The van der Waals surface area contributed by atoms with Crippen LogP contribution in [0.5, 0.6) is 0 Å². The molecular formula is C26H28F6N2O2. The van der Waals surface area contributed by atoms with Gasteiger partial charge in [0.05, 0.1) is 17.7 Å². The number of piperidine rings is 1. The Labute approximate surface area is 205 Å². The number of alkyl halides is 6. The number of carbonyl (C=O) groups excluding carboxylic acids is 1. The molecule has 1 aliphatic carbocycles. The number of hydrogen-bond donors (Lipinski definition) is 2. The van der Waals surface area contributed by atoms with E-state index in [1.54, 1.807) is 0 Å². The van der Waals surface area contributed by atoms with Gasteiger partial charge in [-0.05, 0) is 61.4 Å². The number of carbonyl (C=O) groups is 1. The quantitative estimate of drug-likeness (QED) is 0.346. The molecule has 1 unspecified atom stereocenters. The van der Waals surface area contributed by atoms with Crippen LogP contribution in [0.4, 0.5) is 26.3 Å².